The molecule has 0 aliphatic heterocycles. The lowest BCUT2D eigenvalue weighted by atomic mass is 9.66. The average molecular weight is 413 g/mol. The smallest absolute Gasteiger partial charge is 0.312 e. The fourth-order valence-corrected chi connectivity index (χ4v) is 4.84. The van der Waals surface area contributed by atoms with Crippen molar-refractivity contribution >= 4 is 35.4 Å². The minimum absolute atomic E-state index is 0.312. The molecule has 1 aromatic heterocycles. The summed E-state index contributed by atoms with van der Waals surface area (Å²) in [4.78, 5) is 29.6. The van der Waals surface area contributed by atoms with Gasteiger partial charge in [0.25, 0.3) is 0 Å². The van der Waals surface area contributed by atoms with Gasteiger partial charge in [-0.15, -0.1) is 11.3 Å². The molecule has 1 fully saturated rings. The topological polar surface area (TPSA) is 79.3 Å². The summed E-state index contributed by atoms with van der Waals surface area (Å²) >= 11 is 1.53. The van der Waals surface area contributed by atoms with Crippen molar-refractivity contribution in [3.8, 4) is 0 Å². The molecule has 1 heterocycles. The molecule has 0 bridgehead atoms. The number of aldehydes is 1. The number of carbonyl (C=O) groups is 2. The molecule has 1 aliphatic carbocycles. The summed E-state index contributed by atoms with van der Waals surface area (Å²) in [5, 5.41) is 16.2. The summed E-state index contributed by atoms with van der Waals surface area (Å²) in [6.07, 6.45) is 8.44. The lowest BCUT2D eigenvalue weighted by Gasteiger charge is -2.43. The standard InChI is InChI=1S/C23H28N2O3S/c1-3-22(4-2,21(27)28)23(16-26,25-18-11-6-5-7-12-18)14-13-20-24-19(15-29-20)17-9-8-10-17/h5-7,11-17,25H,3-4,8-10H2,1-2H3,(H,27,28). The first-order valence-electron chi connectivity index (χ1n) is 10.2. The van der Waals surface area contributed by atoms with Gasteiger partial charge < -0.3 is 15.2 Å². The molecule has 6 heteroatoms. The zero-order chi connectivity index (χ0) is 20.9. The minimum atomic E-state index is -1.40. The highest BCUT2D eigenvalue weighted by molar-refractivity contribution is 7.10. The minimum Gasteiger partial charge on any atom is -0.481 e. The average Bonchev–Trinajstić information content (AvgIpc) is 3.14. The molecule has 29 heavy (non-hydrogen) atoms. The van der Waals surface area contributed by atoms with E-state index in [-0.39, 0.29) is 0 Å². The molecule has 0 amide bonds. The van der Waals surface area contributed by atoms with E-state index < -0.39 is 16.9 Å². The fourth-order valence-electron chi connectivity index (χ4n) is 4.05. The number of carbonyl (C=O) groups excluding carboxylic acids is 1. The first-order chi connectivity index (χ1) is 14.0. The van der Waals surface area contributed by atoms with Crippen LogP contribution in [0.1, 0.15) is 62.6 Å². The molecule has 5 nitrogen and oxygen atoms in total. The van der Waals surface area contributed by atoms with Crippen molar-refractivity contribution in [1.82, 2.24) is 4.98 Å². The van der Waals surface area contributed by atoms with Crippen molar-refractivity contribution in [2.75, 3.05) is 5.32 Å². The van der Waals surface area contributed by atoms with Crippen LogP contribution in [-0.4, -0.2) is 27.9 Å². The molecule has 1 atom stereocenters. The number of hydrogen-bond acceptors (Lipinski definition) is 5. The Bertz CT molecular complexity index is 869. The van der Waals surface area contributed by atoms with E-state index in [1.54, 1.807) is 12.2 Å². The van der Waals surface area contributed by atoms with E-state index in [9.17, 15) is 14.7 Å². The number of benzene rings is 1. The largest absolute Gasteiger partial charge is 0.481 e. The van der Waals surface area contributed by atoms with E-state index in [0.717, 1.165) is 17.0 Å². The predicted octanol–water partition coefficient (Wildman–Crippen LogP) is 5.36. The summed E-state index contributed by atoms with van der Waals surface area (Å²) in [6.45, 7) is 3.63. The highest BCUT2D eigenvalue weighted by Gasteiger charge is 2.53. The number of nitrogens with one attached hydrogen (secondary N) is 1. The Morgan fingerprint density at radius 2 is 1.97 bits per heavy atom. The molecule has 0 radical (unpaired) electrons. The number of carboxylic acids is 1. The molecular weight excluding hydrogens is 384 g/mol. The van der Waals surface area contributed by atoms with Gasteiger partial charge in [0.15, 0.2) is 6.29 Å². The first kappa shape index (κ1) is 21.2. The molecule has 3 rings (SSSR count). The summed E-state index contributed by atoms with van der Waals surface area (Å²) < 4.78 is 0. The van der Waals surface area contributed by atoms with Gasteiger partial charge >= 0.3 is 5.97 Å². The Labute approximate surface area is 175 Å². The molecule has 154 valence electrons. The van der Waals surface area contributed by atoms with Crippen LogP contribution in [0.5, 0.6) is 0 Å². The van der Waals surface area contributed by atoms with E-state index >= 15 is 0 Å². The van der Waals surface area contributed by atoms with Crippen LogP contribution < -0.4 is 5.32 Å². The van der Waals surface area contributed by atoms with E-state index in [4.69, 9.17) is 4.98 Å². The number of aromatic nitrogens is 1. The van der Waals surface area contributed by atoms with Gasteiger partial charge in [-0.3, -0.25) is 4.79 Å². The molecule has 2 N–H and O–H groups in total. The van der Waals surface area contributed by atoms with Crippen LogP contribution in [0.2, 0.25) is 0 Å². The van der Waals surface area contributed by atoms with Crippen LogP contribution in [0.15, 0.2) is 41.8 Å². The van der Waals surface area contributed by atoms with E-state index in [1.165, 1.54) is 30.6 Å². The second kappa shape index (κ2) is 8.91. The van der Waals surface area contributed by atoms with Crippen LogP contribution in [0.4, 0.5) is 5.69 Å². The van der Waals surface area contributed by atoms with Crippen molar-refractivity contribution in [2.24, 2.45) is 5.41 Å². The Morgan fingerprint density at radius 3 is 2.48 bits per heavy atom. The molecule has 1 unspecified atom stereocenters. The molecule has 2 aromatic rings. The van der Waals surface area contributed by atoms with Gasteiger partial charge in [-0.1, -0.05) is 38.5 Å². The maximum Gasteiger partial charge on any atom is 0.312 e. The van der Waals surface area contributed by atoms with Crippen molar-refractivity contribution in [2.45, 2.75) is 57.4 Å². The Kier molecular flexibility index (Phi) is 6.52. The molecule has 1 saturated carbocycles. The van der Waals surface area contributed by atoms with E-state index in [0.29, 0.717) is 24.4 Å². The van der Waals surface area contributed by atoms with Crippen molar-refractivity contribution in [3.05, 3.63) is 52.5 Å². The molecular formula is C23H28N2O3S. The van der Waals surface area contributed by atoms with Gasteiger partial charge in [0.1, 0.15) is 16.0 Å². The fraction of sp³-hybridized carbons (Fsp3) is 0.435. The van der Waals surface area contributed by atoms with Gasteiger partial charge in [0.05, 0.1) is 5.69 Å². The lowest BCUT2D eigenvalue weighted by molar-refractivity contribution is -0.153. The third-order valence-corrected chi connectivity index (χ3v) is 7.10. The second-order valence-corrected chi connectivity index (χ2v) is 8.53. The Hall–Kier alpha value is -2.47. The molecule has 1 aromatic carbocycles. The van der Waals surface area contributed by atoms with Crippen molar-refractivity contribution in [3.63, 3.8) is 0 Å². The van der Waals surface area contributed by atoms with Crippen LogP contribution in [0, 0.1) is 5.41 Å². The zero-order valence-electron chi connectivity index (χ0n) is 16.9. The van der Waals surface area contributed by atoms with Crippen LogP contribution >= 0.6 is 11.3 Å². The number of para-hydroxylation sites is 1. The Balaban J connectivity index is 2.01. The zero-order valence-corrected chi connectivity index (χ0v) is 17.7. The lowest BCUT2D eigenvalue weighted by Crippen LogP contribution is -2.57. The third kappa shape index (κ3) is 3.99. The second-order valence-electron chi connectivity index (χ2n) is 7.64. The van der Waals surface area contributed by atoms with Crippen molar-refractivity contribution < 1.29 is 14.7 Å². The number of rotatable bonds is 10. The molecule has 0 saturated heterocycles. The number of aliphatic carboxylic acids is 1. The van der Waals surface area contributed by atoms with Gasteiger partial charge in [0, 0.05) is 17.0 Å². The Morgan fingerprint density at radius 1 is 1.28 bits per heavy atom. The monoisotopic (exact) mass is 412 g/mol. The maximum atomic E-state index is 12.5. The quantitative estimate of drug-likeness (QED) is 0.513. The van der Waals surface area contributed by atoms with Gasteiger partial charge in [-0.25, -0.2) is 4.98 Å². The van der Waals surface area contributed by atoms with Crippen LogP contribution in [0.25, 0.3) is 6.08 Å². The number of nitrogens with zero attached hydrogens (tertiary/aromatic N) is 1. The molecule has 0 spiro atoms. The number of hydrogen-bond donors (Lipinski definition) is 2. The third-order valence-electron chi connectivity index (χ3n) is 6.27. The first-order valence-corrected chi connectivity index (χ1v) is 11.1. The normalized spacial score (nSPS) is 16.9. The number of anilines is 1. The highest BCUT2D eigenvalue weighted by Crippen LogP contribution is 2.42. The number of thiazole rings is 1. The van der Waals surface area contributed by atoms with E-state index in [1.807, 2.05) is 44.2 Å². The summed E-state index contributed by atoms with van der Waals surface area (Å²) in [5.41, 5.74) is -0.878. The maximum absolute atomic E-state index is 12.5. The summed E-state index contributed by atoms with van der Waals surface area (Å²) in [7, 11) is 0. The summed E-state index contributed by atoms with van der Waals surface area (Å²) in [5.74, 6) is -0.451. The predicted molar refractivity (Wildman–Crippen MR) is 117 cm³/mol. The SMILES string of the molecule is CCC(CC)(C(=O)O)C(C=O)(C=Cc1nc(C2CCC2)cs1)Nc1ccccc1. The highest BCUT2D eigenvalue weighted by atomic mass is 32.1. The van der Waals surface area contributed by atoms with Gasteiger partial charge in [0.2, 0.25) is 0 Å². The van der Waals surface area contributed by atoms with Crippen LogP contribution in [0.3, 0.4) is 0 Å². The molecule has 1 aliphatic rings. The van der Waals surface area contributed by atoms with Crippen molar-refractivity contribution in [1.29, 1.82) is 0 Å². The van der Waals surface area contributed by atoms with Gasteiger partial charge in [-0.2, -0.15) is 0 Å². The van der Waals surface area contributed by atoms with E-state index in [2.05, 4.69) is 10.7 Å². The van der Waals surface area contributed by atoms with Crippen LogP contribution in [-0.2, 0) is 9.59 Å². The van der Waals surface area contributed by atoms with Gasteiger partial charge in [-0.05, 0) is 50.0 Å². The summed E-state index contributed by atoms with van der Waals surface area (Å²) in [6, 6.07) is 9.26. The number of carboxylic acid groups (broad SMARTS) is 1.